The lowest BCUT2D eigenvalue weighted by Crippen LogP contribution is -2.27. The molecule has 1 aromatic rings. The lowest BCUT2D eigenvalue weighted by atomic mass is 9.87. The maximum atomic E-state index is 12.0. The minimum absolute atomic E-state index is 0.411. The molecule has 2 heterocycles. The Balaban J connectivity index is 2.61. The topological polar surface area (TPSA) is 62.1 Å². The summed E-state index contributed by atoms with van der Waals surface area (Å²) in [5.74, 6) is -0.844. The van der Waals surface area contributed by atoms with Gasteiger partial charge >= 0.3 is 5.97 Å². The molecule has 98 valence electrons. The van der Waals surface area contributed by atoms with Crippen LogP contribution in [-0.4, -0.2) is 13.1 Å². The Hall–Kier alpha value is -1.71. The monoisotopic (exact) mass is 292 g/mol. The number of nitrogens with zero attached hydrogens (tertiary/aromatic N) is 1. The molecular weight excluding hydrogens is 280 g/mol. The number of allylic oxidation sites excluding steroid dienone is 2. The molecular formula is C13H12N2O2S2. The Bertz CT molecular complexity index is 609. The van der Waals surface area contributed by atoms with Crippen LogP contribution < -0.4 is 5.32 Å². The predicted octanol–water partition coefficient (Wildman–Crippen LogP) is 2.55. The number of hydrogen-bond donors (Lipinski definition) is 2. The highest BCUT2D eigenvalue weighted by Gasteiger charge is 2.34. The van der Waals surface area contributed by atoms with Crippen LogP contribution in [0.3, 0.4) is 0 Å². The zero-order valence-corrected chi connectivity index (χ0v) is 12.1. The van der Waals surface area contributed by atoms with E-state index < -0.39 is 11.9 Å². The van der Waals surface area contributed by atoms with Gasteiger partial charge in [0.2, 0.25) is 0 Å². The summed E-state index contributed by atoms with van der Waals surface area (Å²) in [5, 5.41) is 14.7. The number of rotatable bonds is 2. The van der Waals surface area contributed by atoms with Crippen molar-refractivity contribution < 1.29 is 9.53 Å². The van der Waals surface area contributed by atoms with E-state index in [1.54, 1.807) is 6.92 Å². The van der Waals surface area contributed by atoms with Gasteiger partial charge in [-0.05, 0) is 18.4 Å². The summed E-state index contributed by atoms with van der Waals surface area (Å²) in [7, 11) is 1.33. The van der Waals surface area contributed by atoms with Crippen LogP contribution in [0.15, 0.2) is 39.4 Å². The van der Waals surface area contributed by atoms with E-state index in [4.69, 9.17) is 4.74 Å². The van der Waals surface area contributed by atoms with Gasteiger partial charge in [0.15, 0.2) is 0 Å². The summed E-state index contributed by atoms with van der Waals surface area (Å²) in [5.41, 5.74) is 1.55. The minimum Gasteiger partial charge on any atom is -0.466 e. The molecule has 0 saturated heterocycles. The summed E-state index contributed by atoms with van der Waals surface area (Å²) in [6.07, 6.45) is 0. The molecule has 0 spiro atoms. The Morgan fingerprint density at radius 2 is 2.37 bits per heavy atom. The van der Waals surface area contributed by atoms with Crippen molar-refractivity contribution in [2.45, 2.75) is 12.8 Å². The van der Waals surface area contributed by atoms with Crippen LogP contribution in [0.1, 0.15) is 17.7 Å². The number of esters is 1. The van der Waals surface area contributed by atoms with Gasteiger partial charge in [0, 0.05) is 10.6 Å². The lowest BCUT2D eigenvalue weighted by molar-refractivity contribution is -0.136. The van der Waals surface area contributed by atoms with Crippen molar-refractivity contribution in [1.29, 1.82) is 5.26 Å². The molecule has 4 nitrogen and oxygen atoms in total. The maximum Gasteiger partial charge on any atom is 0.336 e. The van der Waals surface area contributed by atoms with Crippen molar-refractivity contribution in [3.05, 3.63) is 44.3 Å². The van der Waals surface area contributed by atoms with Crippen LogP contribution in [0.5, 0.6) is 0 Å². The van der Waals surface area contributed by atoms with Crippen LogP contribution in [0, 0.1) is 11.3 Å². The van der Waals surface area contributed by atoms with Gasteiger partial charge in [-0.25, -0.2) is 4.79 Å². The van der Waals surface area contributed by atoms with E-state index >= 15 is 0 Å². The zero-order valence-electron chi connectivity index (χ0n) is 10.4. The molecule has 0 radical (unpaired) electrons. The molecule has 0 aliphatic carbocycles. The second kappa shape index (κ2) is 5.51. The number of nitriles is 1. The highest BCUT2D eigenvalue weighted by atomic mass is 32.1. The molecule has 0 unspecified atom stereocenters. The third-order valence-corrected chi connectivity index (χ3v) is 4.19. The maximum absolute atomic E-state index is 12.0. The van der Waals surface area contributed by atoms with Crippen molar-refractivity contribution in [2.75, 3.05) is 7.11 Å². The standard InChI is InChI=1S/C13H12N2O2S2/c1-7-10(13(16)17-2)11(9-4-3-5-19-9)8(6-14)12(18)15-7/h3-5,11,15,18H,1-2H3/t11-/m0/s1. The molecule has 2 rings (SSSR count). The number of thiol groups is 1. The van der Waals surface area contributed by atoms with Crippen LogP contribution >= 0.6 is 24.0 Å². The highest BCUT2D eigenvalue weighted by Crippen LogP contribution is 2.40. The average Bonchev–Trinajstić information content (AvgIpc) is 2.90. The van der Waals surface area contributed by atoms with Gasteiger partial charge in [0.1, 0.15) is 0 Å². The molecule has 1 aliphatic rings. The van der Waals surface area contributed by atoms with Crippen LogP contribution in [0.25, 0.3) is 0 Å². The first-order valence-corrected chi connectivity index (χ1v) is 6.85. The van der Waals surface area contributed by atoms with E-state index in [1.807, 2.05) is 17.5 Å². The van der Waals surface area contributed by atoms with Crippen LogP contribution in [0.4, 0.5) is 0 Å². The number of dihydropyridines is 1. The zero-order chi connectivity index (χ0) is 14.0. The molecule has 1 N–H and O–H groups in total. The van der Waals surface area contributed by atoms with E-state index in [0.29, 0.717) is 21.9 Å². The second-order valence-electron chi connectivity index (χ2n) is 3.98. The molecule has 0 saturated carbocycles. The SMILES string of the molecule is COC(=O)C1=C(C)NC(S)=C(C#N)[C@H]1c1cccs1. The van der Waals surface area contributed by atoms with Gasteiger partial charge in [-0.3, -0.25) is 0 Å². The Labute approximate surface area is 120 Å². The number of thiophene rings is 1. The number of carbonyl (C=O) groups is 1. The fourth-order valence-electron chi connectivity index (χ4n) is 2.05. The van der Waals surface area contributed by atoms with E-state index in [0.717, 1.165) is 4.88 Å². The summed E-state index contributed by atoms with van der Waals surface area (Å²) in [6, 6.07) is 5.91. The van der Waals surface area contributed by atoms with Crippen molar-refractivity contribution in [2.24, 2.45) is 0 Å². The first-order valence-electron chi connectivity index (χ1n) is 5.52. The molecule has 6 heteroatoms. The fourth-order valence-corrected chi connectivity index (χ4v) is 3.24. The lowest BCUT2D eigenvalue weighted by Gasteiger charge is -2.26. The smallest absolute Gasteiger partial charge is 0.336 e. The Morgan fingerprint density at radius 1 is 1.63 bits per heavy atom. The normalized spacial score (nSPS) is 18.9. The van der Waals surface area contributed by atoms with E-state index in [1.165, 1.54) is 18.4 Å². The fraction of sp³-hybridized carbons (Fsp3) is 0.231. The summed E-state index contributed by atoms with van der Waals surface area (Å²) >= 11 is 5.78. The predicted molar refractivity (Wildman–Crippen MR) is 76.5 cm³/mol. The van der Waals surface area contributed by atoms with Crippen LogP contribution in [-0.2, 0) is 9.53 Å². The number of carbonyl (C=O) groups excluding carboxylic acids is 1. The number of methoxy groups -OCH3 is 1. The van der Waals surface area contributed by atoms with Gasteiger partial charge in [-0.1, -0.05) is 6.07 Å². The third-order valence-electron chi connectivity index (χ3n) is 2.90. The second-order valence-corrected chi connectivity index (χ2v) is 5.40. The van der Waals surface area contributed by atoms with E-state index in [-0.39, 0.29) is 0 Å². The Kier molecular flexibility index (Phi) is 3.98. The summed E-state index contributed by atoms with van der Waals surface area (Å²) in [6.45, 7) is 1.78. The highest BCUT2D eigenvalue weighted by molar-refractivity contribution is 7.84. The van der Waals surface area contributed by atoms with Crippen LogP contribution in [0.2, 0.25) is 0 Å². The van der Waals surface area contributed by atoms with Gasteiger partial charge in [-0.2, -0.15) is 5.26 Å². The van der Waals surface area contributed by atoms with Gasteiger partial charge in [-0.15, -0.1) is 24.0 Å². The van der Waals surface area contributed by atoms with Gasteiger partial charge in [0.05, 0.1) is 35.3 Å². The first kappa shape index (κ1) is 13.7. The number of nitrogens with one attached hydrogen (secondary N) is 1. The molecule has 0 fully saturated rings. The summed E-state index contributed by atoms with van der Waals surface area (Å²) < 4.78 is 4.83. The number of ether oxygens (including phenoxy) is 1. The average molecular weight is 292 g/mol. The van der Waals surface area contributed by atoms with Gasteiger partial charge in [0.25, 0.3) is 0 Å². The third kappa shape index (κ3) is 2.39. The summed E-state index contributed by atoms with van der Waals surface area (Å²) in [4.78, 5) is 12.9. The van der Waals surface area contributed by atoms with E-state index in [2.05, 4.69) is 24.0 Å². The Morgan fingerprint density at radius 3 is 2.89 bits per heavy atom. The van der Waals surface area contributed by atoms with Crippen molar-refractivity contribution in [1.82, 2.24) is 5.32 Å². The number of hydrogen-bond acceptors (Lipinski definition) is 6. The molecule has 19 heavy (non-hydrogen) atoms. The molecule has 1 atom stereocenters. The molecule has 0 aromatic carbocycles. The van der Waals surface area contributed by atoms with Gasteiger partial charge < -0.3 is 10.1 Å². The largest absolute Gasteiger partial charge is 0.466 e. The quantitative estimate of drug-likeness (QED) is 0.649. The molecule has 0 amide bonds. The minimum atomic E-state index is -0.433. The van der Waals surface area contributed by atoms with E-state index in [9.17, 15) is 10.1 Å². The van der Waals surface area contributed by atoms with Crippen molar-refractivity contribution in [3.63, 3.8) is 0 Å². The molecule has 1 aliphatic heterocycles. The van der Waals surface area contributed by atoms with Crippen molar-refractivity contribution >= 4 is 29.9 Å². The van der Waals surface area contributed by atoms with Crippen molar-refractivity contribution in [3.8, 4) is 6.07 Å². The first-order chi connectivity index (χ1) is 9.10. The molecule has 1 aromatic heterocycles. The molecule has 0 bridgehead atoms.